The number of fused-ring (bicyclic) bond motifs is 1. The molecule has 0 unspecified atom stereocenters. The Bertz CT molecular complexity index is 471. The number of aromatic nitrogens is 1. The van der Waals surface area contributed by atoms with Crippen LogP contribution in [0.5, 0.6) is 0 Å². The minimum atomic E-state index is -0.393. The van der Waals surface area contributed by atoms with Gasteiger partial charge in [-0.25, -0.2) is 9.36 Å². The first-order chi connectivity index (χ1) is 6.72. The molecule has 4 nitrogen and oxygen atoms in total. The fourth-order valence-electron chi connectivity index (χ4n) is 1.25. The third-order valence-electron chi connectivity index (χ3n) is 1.81. The van der Waals surface area contributed by atoms with Crippen LogP contribution in [0.2, 0.25) is 0 Å². The Morgan fingerprint density at radius 3 is 3.21 bits per heavy atom. The largest absolute Gasteiger partial charge is 0.449 e. The van der Waals surface area contributed by atoms with E-state index in [2.05, 4.69) is 15.9 Å². The summed E-state index contributed by atoms with van der Waals surface area (Å²) >= 11 is 3.19. The molecule has 0 N–H and O–H groups in total. The first-order valence-corrected chi connectivity index (χ1v) is 4.95. The number of halogens is 1. The van der Waals surface area contributed by atoms with Crippen molar-refractivity contribution in [2.75, 3.05) is 6.61 Å². The van der Waals surface area contributed by atoms with Gasteiger partial charge in [0, 0.05) is 12.3 Å². The van der Waals surface area contributed by atoms with Crippen molar-refractivity contribution < 1.29 is 13.9 Å². The molecule has 0 aliphatic carbocycles. The number of carbonyl (C=O) groups is 1. The molecular weight excluding hydrogens is 250 g/mol. The monoisotopic (exact) mass is 257 g/mol. The molecule has 0 atom stereocenters. The average Bonchev–Trinajstić information content (AvgIpc) is 2.62. The molecule has 0 saturated carbocycles. The molecule has 0 aliphatic rings. The molecule has 0 radical (unpaired) electrons. The SMILES string of the molecule is CCOC(=O)n1ccc2oc(Br)cc21. The summed E-state index contributed by atoms with van der Waals surface area (Å²) in [5, 5.41) is 0. The Kier molecular flexibility index (Phi) is 2.33. The van der Waals surface area contributed by atoms with Gasteiger partial charge in [0.05, 0.1) is 12.1 Å². The lowest BCUT2D eigenvalue weighted by Gasteiger charge is -2.01. The minimum absolute atomic E-state index is 0.359. The van der Waals surface area contributed by atoms with Crippen LogP contribution >= 0.6 is 15.9 Å². The number of furan rings is 1. The highest BCUT2D eigenvalue weighted by atomic mass is 79.9. The second-order valence-corrected chi connectivity index (χ2v) is 3.47. The van der Waals surface area contributed by atoms with Crippen molar-refractivity contribution >= 4 is 33.1 Å². The highest BCUT2D eigenvalue weighted by Gasteiger charge is 2.12. The summed E-state index contributed by atoms with van der Waals surface area (Å²) < 4.78 is 12.1. The van der Waals surface area contributed by atoms with Gasteiger partial charge in [0.2, 0.25) is 0 Å². The van der Waals surface area contributed by atoms with Gasteiger partial charge in [-0.05, 0) is 28.9 Å². The predicted octanol–water partition coefficient (Wildman–Crippen LogP) is 3.00. The Morgan fingerprint density at radius 2 is 2.50 bits per heavy atom. The molecule has 0 aliphatic heterocycles. The average molecular weight is 258 g/mol. The van der Waals surface area contributed by atoms with Gasteiger partial charge in [-0.2, -0.15) is 0 Å². The van der Waals surface area contributed by atoms with Crippen molar-refractivity contribution in [3.05, 3.63) is 23.0 Å². The molecule has 0 saturated heterocycles. The van der Waals surface area contributed by atoms with E-state index >= 15 is 0 Å². The van der Waals surface area contributed by atoms with Crippen molar-refractivity contribution in [1.82, 2.24) is 4.57 Å². The Morgan fingerprint density at radius 1 is 1.71 bits per heavy atom. The zero-order valence-corrected chi connectivity index (χ0v) is 9.08. The minimum Gasteiger partial charge on any atom is -0.449 e. The van der Waals surface area contributed by atoms with Crippen LogP contribution in [0.25, 0.3) is 11.1 Å². The molecule has 2 aromatic rings. The third kappa shape index (κ3) is 1.43. The van der Waals surface area contributed by atoms with Crippen molar-refractivity contribution in [1.29, 1.82) is 0 Å². The van der Waals surface area contributed by atoms with Gasteiger partial charge in [0.1, 0.15) is 0 Å². The van der Waals surface area contributed by atoms with Gasteiger partial charge in [-0.3, -0.25) is 0 Å². The van der Waals surface area contributed by atoms with Gasteiger partial charge in [-0.1, -0.05) is 0 Å². The molecule has 74 valence electrons. The molecule has 2 rings (SSSR count). The maximum absolute atomic E-state index is 11.4. The van der Waals surface area contributed by atoms with Crippen molar-refractivity contribution in [3.63, 3.8) is 0 Å². The zero-order valence-electron chi connectivity index (χ0n) is 7.49. The van der Waals surface area contributed by atoms with Crippen LogP contribution in [0, 0.1) is 0 Å². The van der Waals surface area contributed by atoms with Gasteiger partial charge in [0.15, 0.2) is 10.3 Å². The van der Waals surface area contributed by atoms with E-state index in [9.17, 15) is 4.79 Å². The van der Waals surface area contributed by atoms with Crippen LogP contribution < -0.4 is 0 Å². The summed E-state index contributed by atoms with van der Waals surface area (Å²) in [6.07, 6.45) is 1.23. The van der Waals surface area contributed by atoms with Gasteiger partial charge < -0.3 is 9.15 Å². The fraction of sp³-hybridized carbons (Fsp3) is 0.222. The smallest absolute Gasteiger partial charge is 0.418 e. The van der Waals surface area contributed by atoms with E-state index in [4.69, 9.17) is 9.15 Å². The van der Waals surface area contributed by atoms with E-state index in [1.54, 1.807) is 25.3 Å². The number of hydrogen-bond acceptors (Lipinski definition) is 3. The van der Waals surface area contributed by atoms with Crippen LogP contribution in [0.4, 0.5) is 4.79 Å². The molecule has 5 heteroatoms. The molecule has 0 fully saturated rings. The number of hydrogen-bond donors (Lipinski definition) is 0. The zero-order chi connectivity index (χ0) is 10.1. The van der Waals surface area contributed by atoms with E-state index < -0.39 is 6.09 Å². The summed E-state index contributed by atoms with van der Waals surface area (Å²) in [5.41, 5.74) is 1.36. The fourth-order valence-corrected chi connectivity index (χ4v) is 1.64. The lowest BCUT2D eigenvalue weighted by atomic mass is 10.5. The molecule has 0 amide bonds. The van der Waals surface area contributed by atoms with Gasteiger partial charge in [0.25, 0.3) is 0 Å². The number of carbonyl (C=O) groups excluding carboxylic acids is 1. The topological polar surface area (TPSA) is 44.4 Å². The van der Waals surface area contributed by atoms with E-state index in [1.807, 2.05) is 0 Å². The first kappa shape index (κ1) is 9.33. The van der Waals surface area contributed by atoms with E-state index in [1.165, 1.54) is 4.57 Å². The second kappa shape index (κ2) is 3.49. The summed E-state index contributed by atoms with van der Waals surface area (Å²) in [5.74, 6) is 0. The van der Waals surface area contributed by atoms with Gasteiger partial charge in [-0.15, -0.1) is 0 Å². The predicted molar refractivity (Wildman–Crippen MR) is 54.3 cm³/mol. The van der Waals surface area contributed by atoms with E-state index in [0.717, 1.165) is 0 Å². The van der Waals surface area contributed by atoms with Crippen molar-refractivity contribution in [2.45, 2.75) is 6.92 Å². The Hall–Kier alpha value is -1.23. The lowest BCUT2D eigenvalue weighted by molar-refractivity contribution is 0.155. The first-order valence-electron chi connectivity index (χ1n) is 4.16. The molecule has 14 heavy (non-hydrogen) atoms. The quantitative estimate of drug-likeness (QED) is 0.789. The molecular formula is C9H8BrNO3. The molecule has 0 aromatic carbocycles. The van der Waals surface area contributed by atoms with Crippen molar-refractivity contribution in [2.24, 2.45) is 0 Å². The molecule has 0 bridgehead atoms. The Labute approximate surface area is 88.6 Å². The molecule has 2 aromatic heterocycles. The maximum atomic E-state index is 11.4. The number of rotatable bonds is 1. The second-order valence-electron chi connectivity index (χ2n) is 2.68. The molecule has 2 heterocycles. The maximum Gasteiger partial charge on any atom is 0.418 e. The lowest BCUT2D eigenvalue weighted by Crippen LogP contribution is -2.11. The van der Waals surface area contributed by atoms with E-state index in [0.29, 0.717) is 22.4 Å². The Balaban J connectivity index is 2.46. The summed E-state index contributed by atoms with van der Waals surface area (Å²) in [6.45, 7) is 2.13. The summed E-state index contributed by atoms with van der Waals surface area (Å²) in [4.78, 5) is 11.4. The van der Waals surface area contributed by atoms with Crippen LogP contribution in [0.3, 0.4) is 0 Å². The highest BCUT2D eigenvalue weighted by molar-refractivity contribution is 9.10. The van der Waals surface area contributed by atoms with E-state index in [-0.39, 0.29) is 0 Å². The summed E-state index contributed by atoms with van der Waals surface area (Å²) in [7, 11) is 0. The normalized spacial score (nSPS) is 10.7. The number of ether oxygens (including phenoxy) is 1. The van der Waals surface area contributed by atoms with Crippen LogP contribution in [0.1, 0.15) is 6.92 Å². The standard InChI is InChI=1S/C9H8BrNO3/c1-2-13-9(12)11-4-3-7-6(11)5-8(10)14-7/h3-5H,2H2,1H3. The highest BCUT2D eigenvalue weighted by Crippen LogP contribution is 2.24. The number of nitrogens with zero attached hydrogens (tertiary/aromatic N) is 1. The van der Waals surface area contributed by atoms with Crippen LogP contribution in [0.15, 0.2) is 27.4 Å². The van der Waals surface area contributed by atoms with Crippen molar-refractivity contribution in [3.8, 4) is 0 Å². The van der Waals surface area contributed by atoms with Crippen LogP contribution in [-0.2, 0) is 4.74 Å². The third-order valence-corrected chi connectivity index (χ3v) is 2.20. The van der Waals surface area contributed by atoms with Crippen LogP contribution in [-0.4, -0.2) is 17.3 Å². The van der Waals surface area contributed by atoms with Gasteiger partial charge >= 0.3 is 6.09 Å². The summed E-state index contributed by atoms with van der Waals surface area (Å²) in [6, 6.07) is 3.45. The molecule has 0 spiro atoms.